The number of methoxy groups -OCH3 is 1. The second kappa shape index (κ2) is 5.99. The second-order valence-electron chi connectivity index (χ2n) is 3.98. The highest BCUT2D eigenvalue weighted by Gasteiger charge is 2.21. The van der Waals surface area contributed by atoms with E-state index in [4.69, 9.17) is 16.3 Å². The molecule has 0 aliphatic rings. The number of benzene rings is 1. The van der Waals surface area contributed by atoms with Gasteiger partial charge >= 0.3 is 0 Å². The lowest BCUT2D eigenvalue weighted by molar-refractivity contribution is 0.400. The number of hydrogen-bond donors (Lipinski definition) is 1. The first-order chi connectivity index (χ1) is 9.17. The predicted octanol–water partition coefficient (Wildman–Crippen LogP) is 3.19. The van der Waals surface area contributed by atoms with Crippen molar-refractivity contribution in [3.63, 3.8) is 0 Å². The lowest BCUT2D eigenvalue weighted by atomic mass is 10.0. The fourth-order valence-electron chi connectivity index (χ4n) is 1.97. The Bertz CT molecular complexity index is 577. The van der Waals surface area contributed by atoms with Gasteiger partial charge in [0.15, 0.2) is 0 Å². The zero-order valence-electron chi connectivity index (χ0n) is 10.7. The van der Waals surface area contributed by atoms with Gasteiger partial charge in [-0.3, -0.25) is 4.98 Å². The normalized spacial score (nSPS) is 12.2. The molecule has 1 atom stereocenters. The fraction of sp³-hybridized carbons (Fsp3) is 0.214. The highest BCUT2D eigenvalue weighted by Crippen LogP contribution is 2.30. The number of aromatic nitrogens is 1. The summed E-state index contributed by atoms with van der Waals surface area (Å²) in [5.74, 6) is 0.232. The average molecular weight is 281 g/mol. The van der Waals surface area contributed by atoms with E-state index >= 15 is 0 Å². The Morgan fingerprint density at radius 2 is 2.16 bits per heavy atom. The molecule has 0 radical (unpaired) electrons. The van der Waals surface area contributed by atoms with Crippen LogP contribution >= 0.6 is 11.6 Å². The lowest BCUT2D eigenvalue weighted by Gasteiger charge is -2.19. The summed E-state index contributed by atoms with van der Waals surface area (Å²) in [6.45, 7) is 0. The van der Waals surface area contributed by atoms with Crippen LogP contribution in [0.2, 0.25) is 5.02 Å². The Morgan fingerprint density at radius 1 is 1.37 bits per heavy atom. The van der Waals surface area contributed by atoms with Gasteiger partial charge in [-0.2, -0.15) is 0 Å². The summed E-state index contributed by atoms with van der Waals surface area (Å²) in [6.07, 6.45) is 1.65. The molecule has 1 N–H and O–H groups in total. The summed E-state index contributed by atoms with van der Waals surface area (Å²) >= 11 is 5.77. The molecule has 0 fully saturated rings. The first-order valence-corrected chi connectivity index (χ1v) is 6.16. The minimum atomic E-state index is -0.395. The second-order valence-corrected chi connectivity index (χ2v) is 4.41. The molecule has 0 aliphatic heterocycles. The van der Waals surface area contributed by atoms with Crippen molar-refractivity contribution < 1.29 is 9.13 Å². The van der Waals surface area contributed by atoms with E-state index < -0.39 is 6.04 Å². The van der Waals surface area contributed by atoms with Crippen molar-refractivity contribution in [2.45, 2.75) is 6.04 Å². The molecule has 1 aromatic carbocycles. The van der Waals surface area contributed by atoms with Crippen LogP contribution < -0.4 is 10.1 Å². The maximum atomic E-state index is 14.0. The monoisotopic (exact) mass is 280 g/mol. The molecule has 100 valence electrons. The van der Waals surface area contributed by atoms with E-state index in [2.05, 4.69) is 10.3 Å². The van der Waals surface area contributed by atoms with Gasteiger partial charge in [0.05, 0.1) is 13.2 Å². The molecule has 2 aromatic rings. The van der Waals surface area contributed by atoms with Crippen molar-refractivity contribution in [1.82, 2.24) is 10.3 Å². The third kappa shape index (κ3) is 2.85. The van der Waals surface area contributed by atoms with E-state index in [1.165, 1.54) is 6.07 Å². The van der Waals surface area contributed by atoms with Crippen molar-refractivity contribution in [1.29, 1.82) is 0 Å². The molecular weight excluding hydrogens is 267 g/mol. The number of pyridine rings is 1. The van der Waals surface area contributed by atoms with Crippen molar-refractivity contribution >= 4 is 11.6 Å². The zero-order valence-corrected chi connectivity index (χ0v) is 11.4. The van der Waals surface area contributed by atoms with Crippen LogP contribution in [0.15, 0.2) is 36.5 Å². The largest absolute Gasteiger partial charge is 0.495 e. The predicted molar refractivity (Wildman–Crippen MR) is 73.1 cm³/mol. The van der Waals surface area contributed by atoms with E-state index in [1.807, 2.05) is 0 Å². The van der Waals surface area contributed by atoms with Gasteiger partial charge in [-0.15, -0.1) is 0 Å². The van der Waals surface area contributed by atoms with Gasteiger partial charge < -0.3 is 10.1 Å². The van der Waals surface area contributed by atoms with E-state index in [-0.39, 0.29) is 5.82 Å². The summed E-state index contributed by atoms with van der Waals surface area (Å²) in [5, 5.41) is 3.41. The smallest absolute Gasteiger partial charge is 0.142 e. The van der Waals surface area contributed by atoms with Crippen LogP contribution in [0.1, 0.15) is 17.3 Å². The van der Waals surface area contributed by atoms with Crippen molar-refractivity contribution in [3.05, 3.63) is 58.6 Å². The first-order valence-electron chi connectivity index (χ1n) is 5.78. The SMILES string of the molecule is CNC(c1ccc(Cl)cc1F)c1ncccc1OC. The van der Waals surface area contributed by atoms with E-state index in [9.17, 15) is 4.39 Å². The average Bonchev–Trinajstić information content (AvgIpc) is 2.42. The first kappa shape index (κ1) is 13.8. The van der Waals surface area contributed by atoms with Gasteiger partial charge in [0, 0.05) is 16.8 Å². The van der Waals surface area contributed by atoms with Crippen LogP contribution in [0.4, 0.5) is 4.39 Å². The van der Waals surface area contributed by atoms with Gasteiger partial charge in [0.1, 0.15) is 17.3 Å². The molecular formula is C14H14ClFN2O. The maximum absolute atomic E-state index is 14.0. The Labute approximate surface area is 116 Å². The van der Waals surface area contributed by atoms with E-state index in [1.54, 1.807) is 44.6 Å². The van der Waals surface area contributed by atoms with Crippen LogP contribution in [0.5, 0.6) is 5.75 Å². The van der Waals surface area contributed by atoms with Gasteiger partial charge in [-0.25, -0.2) is 4.39 Å². The minimum Gasteiger partial charge on any atom is -0.495 e. The highest BCUT2D eigenvalue weighted by atomic mass is 35.5. The quantitative estimate of drug-likeness (QED) is 0.934. The molecule has 0 bridgehead atoms. The molecule has 1 heterocycles. The standard InChI is InChI=1S/C14H14ClFN2O/c1-17-13(10-6-5-9(15)8-11(10)16)14-12(19-2)4-3-7-18-14/h3-8,13,17H,1-2H3. The van der Waals surface area contributed by atoms with Crippen LogP contribution in [-0.2, 0) is 0 Å². The lowest BCUT2D eigenvalue weighted by Crippen LogP contribution is -2.20. The molecule has 2 rings (SSSR count). The van der Waals surface area contributed by atoms with Gasteiger partial charge in [0.2, 0.25) is 0 Å². The van der Waals surface area contributed by atoms with Gasteiger partial charge in [-0.1, -0.05) is 17.7 Å². The Hall–Kier alpha value is -1.65. The Balaban J connectivity index is 2.50. The molecule has 19 heavy (non-hydrogen) atoms. The molecule has 1 aromatic heterocycles. The number of halogens is 2. The van der Waals surface area contributed by atoms with E-state index in [0.29, 0.717) is 22.0 Å². The van der Waals surface area contributed by atoms with E-state index in [0.717, 1.165) is 0 Å². The summed E-state index contributed by atoms with van der Waals surface area (Å²) < 4.78 is 19.3. The number of ether oxygens (including phenoxy) is 1. The van der Waals surface area contributed by atoms with Crippen LogP contribution in [0.3, 0.4) is 0 Å². The molecule has 0 aliphatic carbocycles. The zero-order chi connectivity index (χ0) is 13.8. The van der Waals surface area contributed by atoms with Crippen LogP contribution in [0.25, 0.3) is 0 Å². The summed E-state index contributed by atoms with van der Waals surface area (Å²) in [4.78, 5) is 4.27. The van der Waals surface area contributed by atoms with Crippen LogP contribution in [-0.4, -0.2) is 19.1 Å². The topological polar surface area (TPSA) is 34.2 Å². The molecule has 0 spiro atoms. The third-order valence-electron chi connectivity index (χ3n) is 2.86. The molecule has 0 amide bonds. The third-order valence-corrected chi connectivity index (χ3v) is 3.09. The Morgan fingerprint density at radius 3 is 2.79 bits per heavy atom. The molecule has 3 nitrogen and oxygen atoms in total. The number of rotatable bonds is 4. The highest BCUT2D eigenvalue weighted by molar-refractivity contribution is 6.30. The molecule has 0 saturated carbocycles. The van der Waals surface area contributed by atoms with Crippen molar-refractivity contribution in [2.24, 2.45) is 0 Å². The summed E-state index contributed by atoms with van der Waals surface area (Å²) in [5.41, 5.74) is 1.11. The maximum Gasteiger partial charge on any atom is 0.142 e. The number of hydrogen-bond acceptors (Lipinski definition) is 3. The number of nitrogens with zero attached hydrogens (tertiary/aromatic N) is 1. The molecule has 5 heteroatoms. The summed E-state index contributed by atoms with van der Waals surface area (Å²) in [6, 6.07) is 7.75. The van der Waals surface area contributed by atoms with Gasteiger partial charge in [-0.05, 0) is 31.3 Å². The molecule has 1 unspecified atom stereocenters. The van der Waals surface area contributed by atoms with Gasteiger partial charge in [0.25, 0.3) is 0 Å². The van der Waals surface area contributed by atoms with Crippen molar-refractivity contribution in [3.8, 4) is 5.75 Å². The molecule has 0 saturated heterocycles. The Kier molecular flexibility index (Phi) is 4.35. The van der Waals surface area contributed by atoms with Crippen LogP contribution in [0, 0.1) is 5.82 Å². The fourth-order valence-corrected chi connectivity index (χ4v) is 2.13. The number of nitrogens with one attached hydrogen (secondary N) is 1. The minimum absolute atomic E-state index is 0.365. The van der Waals surface area contributed by atoms with Crippen molar-refractivity contribution in [2.75, 3.05) is 14.2 Å². The summed E-state index contributed by atoms with van der Waals surface area (Å²) in [7, 11) is 3.30.